The summed E-state index contributed by atoms with van der Waals surface area (Å²) in [6.07, 6.45) is -16.9. The van der Waals surface area contributed by atoms with Gasteiger partial charge in [-0.25, -0.2) is 18.7 Å². The van der Waals surface area contributed by atoms with Gasteiger partial charge >= 0.3 is 31.8 Å². The zero-order chi connectivity index (χ0) is 51.5. The van der Waals surface area contributed by atoms with Crippen molar-refractivity contribution in [2.24, 2.45) is 0 Å². The SMILES string of the molecule is C.C.CC(C)(Oc1ncc(-c2nn3c(C(F)(F)F)nnc3cc2Cl)cc1F)C(F)(F)F.CC(C)(Oc1ncc(B2OC(C)(C)C(C)(C)O2)cc1F)C(F)(F)F.FC(F)(F)c1nnc2cc(Cl)c(Cl)nn12. The summed E-state index contributed by atoms with van der Waals surface area (Å²) in [4.78, 5) is 7.13. The van der Waals surface area contributed by atoms with Crippen LogP contribution in [0.1, 0.15) is 81.9 Å². The zero-order valence-corrected chi connectivity index (χ0v) is 37.8. The van der Waals surface area contributed by atoms with Crippen molar-refractivity contribution in [3.05, 3.63) is 75.1 Å². The molecule has 7 rings (SSSR count). The molecule has 6 aromatic heterocycles. The summed E-state index contributed by atoms with van der Waals surface area (Å²) in [5.74, 6) is -6.66. The maximum atomic E-state index is 14.3. The number of alkyl halides is 12. The summed E-state index contributed by atoms with van der Waals surface area (Å²) in [5.41, 5.74) is -7.23. The molecule has 1 fully saturated rings. The van der Waals surface area contributed by atoms with Crippen LogP contribution in [0.15, 0.2) is 36.7 Å². The third-order valence-electron chi connectivity index (χ3n) is 9.66. The fourth-order valence-electron chi connectivity index (χ4n) is 5.00. The predicted molar refractivity (Wildman–Crippen MR) is 225 cm³/mol. The van der Waals surface area contributed by atoms with E-state index in [1.165, 1.54) is 6.20 Å². The molecule has 32 heteroatoms. The molecule has 0 N–H and O–H groups in total. The van der Waals surface area contributed by atoms with E-state index < -0.39 is 89.3 Å². The molecule has 1 saturated heterocycles. The summed E-state index contributed by atoms with van der Waals surface area (Å²) in [6, 6.07) is 3.86. The van der Waals surface area contributed by atoms with Crippen molar-refractivity contribution < 1.29 is 80.2 Å². The van der Waals surface area contributed by atoms with Crippen LogP contribution >= 0.6 is 34.8 Å². The lowest BCUT2D eigenvalue weighted by atomic mass is 9.80. The normalized spacial score (nSPS) is 15.1. The topological polar surface area (TPSA) is 149 Å². The number of halogens is 17. The summed E-state index contributed by atoms with van der Waals surface area (Å²) in [7, 11) is -0.860. The Hall–Kier alpha value is -5.13. The Kier molecular flexibility index (Phi) is 17.1. The number of hydrogen-bond acceptors (Lipinski definition) is 12. The van der Waals surface area contributed by atoms with Crippen LogP contribution in [0, 0.1) is 11.6 Å². The highest BCUT2D eigenvalue weighted by atomic mass is 35.5. The number of hydrogen-bond donors (Lipinski definition) is 0. The van der Waals surface area contributed by atoms with Gasteiger partial charge in [-0.1, -0.05) is 49.7 Å². The second kappa shape index (κ2) is 20.2. The molecule has 0 spiro atoms. The van der Waals surface area contributed by atoms with Crippen molar-refractivity contribution in [2.45, 2.75) is 117 Å². The molecular formula is C38H38BCl3F14N10O4. The van der Waals surface area contributed by atoms with Crippen LogP contribution in [-0.4, -0.2) is 91.5 Å². The second-order valence-corrected chi connectivity index (χ2v) is 17.3. The molecular weight excluding hydrogens is 1040 g/mol. The summed E-state index contributed by atoms with van der Waals surface area (Å²) >= 11 is 17.0. The molecule has 6 aromatic rings. The van der Waals surface area contributed by atoms with Crippen LogP contribution in [0.25, 0.3) is 22.6 Å². The van der Waals surface area contributed by atoms with Crippen LogP contribution in [0.5, 0.6) is 11.8 Å². The smallest absolute Gasteiger partial charge is 0.460 e. The van der Waals surface area contributed by atoms with E-state index in [4.69, 9.17) is 48.8 Å². The van der Waals surface area contributed by atoms with E-state index >= 15 is 0 Å². The van der Waals surface area contributed by atoms with Crippen LogP contribution in [0.2, 0.25) is 15.2 Å². The third kappa shape index (κ3) is 12.7. The highest BCUT2D eigenvalue weighted by Crippen LogP contribution is 2.39. The molecule has 1 aliphatic heterocycles. The number of nitrogens with zero attached hydrogens (tertiary/aromatic N) is 10. The maximum Gasteiger partial charge on any atom is 0.496 e. The molecule has 0 amide bonds. The average Bonchev–Trinajstić information content (AvgIpc) is 3.85. The molecule has 70 heavy (non-hydrogen) atoms. The van der Waals surface area contributed by atoms with Gasteiger partial charge in [0.2, 0.25) is 0 Å². The maximum absolute atomic E-state index is 14.3. The highest BCUT2D eigenvalue weighted by molar-refractivity contribution is 6.62. The Morgan fingerprint density at radius 1 is 0.571 bits per heavy atom. The van der Waals surface area contributed by atoms with Gasteiger partial charge in [-0.05, 0) is 67.5 Å². The van der Waals surface area contributed by atoms with Crippen LogP contribution < -0.4 is 14.9 Å². The lowest BCUT2D eigenvalue weighted by Crippen LogP contribution is -2.45. The molecule has 0 unspecified atom stereocenters. The number of rotatable bonds is 6. The number of ether oxygens (including phenoxy) is 2. The Bertz CT molecular complexity index is 2810. The van der Waals surface area contributed by atoms with Crippen molar-refractivity contribution in [3.63, 3.8) is 0 Å². The third-order valence-corrected chi connectivity index (χ3v) is 10.6. The zero-order valence-electron chi connectivity index (χ0n) is 35.6. The van der Waals surface area contributed by atoms with Crippen molar-refractivity contribution in [1.29, 1.82) is 0 Å². The van der Waals surface area contributed by atoms with Gasteiger partial charge in [0.05, 0.1) is 21.2 Å². The van der Waals surface area contributed by atoms with Crippen LogP contribution in [0.4, 0.5) is 61.5 Å². The molecule has 0 aromatic carbocycles. The number of aromatic nitrogens is 10. The largest absolute Gasteiger partial charge is 0.496 e. The van der Waals surface area contributed by atoms with E-state index in [0.717, 1.165) is 38.2 Å². The minimum Gasteiger partial charge on any atom is -0.460 e. The summed E-state index contributed by atoms with van der Waals surface area (Å²) in [5, 5.41) is 19.2. The predicted octanol–water partition coefficient (Wildman–Crippen LogP) is 11.7. The molecule has 0 aliphatic carbocycles. The Morgan fingerprint density at radius 3 is 1.37 bits per heavy atom. The van der Waals surface area contributed by atoms with Gasteiger partial charge in [0.25, 0.3) is 23.4 Å². The van der Waals surface area contributed by atoms with E-state index in [0.29, 0.717) is 28.9 Å². The van der Waals surface area contributed by atoms with Gasteiger partial charge in [0.1, 0.15) is 5.69 Å². The Balaban J connectivity index is 0.000000286. The van der Waals surface area contributed by atoms with Gasteiger partial charge in [-0.3, -0.25) is 0 Å². The molecule has 0 saturated carbocycles. The minimum atomic E-state index is -4.87. The molecule has 0 radical (unpaired) electrons. The van der Waals surface area contributed by atoms with Gasteiger partial charge in [-0.15, -0.1) is 20.4 Å². The van der Waals surface area contributed by atoms with E-state index in [1.807, 2.05) is 27.7 Å². The monoisotopic (exact) mass is 1080 g/mol. The van der Waals surface area contributed by atoms with E-state index in [2.05, 4.69) is 45.3 Å². The number of pyridine rings is 2. The first-order chi connectivity index (χ1) is 30.8. The fraction of sp³-hybridized carbons (Fsp3) is 0.474. The lowest BCUT2D eigenvalue weighted by Gasteiger charge is -2.32. The number of fused-ring (bicyclic) bond motifs is 2. The van der Waals surface area contributed by atoms with Crippen molar-refractivity contribution in [2.75, 3.05) is 0 Å². The molecule has 1 aliphatic rings. The first-order valence-electron chi connectivity index (χ1n) is 18.6. The fourth-order valence-corrected chi connectivity index (χ4v) is 5.51. The molecule has 14 nitrogen and oxygen atoms in total. The van der Waals surface area contributed by atoms with Gasteiger partial charge in [0.15, 0.2) is 39.3 Å². The van der Waals surface area contributed by atoms with Gasteiger partial charge in [-0.2, -0.15) is 71.9 Å². The van der Waals surface area contributed by atoms with Gasteiger partial charge < -0.3 is 18.8 Å². The second-order valence-electron chi connectivity index (χ2n) is 16.1. The van der Waals surface area contributed by atoms with Crippen molar-refractivity contribution in [1.82, 2.24) is 49.6 Å². The average molecular weight is 1080 g/mol. The summed E-state index contributed by atoms with van der Waals surface area (Å²) < 4.78 is 203. The standard InChI is InChI=1S/C15H20BF4NO3.C15H9ClF7N5O.C6HCl2F3N4.2CH4/c1-12(2)13(3,4)24-16(23-12)9-7-10(17)11(21-8-9)22-14(5,6)15(18,19)20;1-13(2,15(21,22)23)29-11-8(17)3-6(5-24-11)10-7(16)4-9-25-26-12(14(18,19)20)28(9)27-10;7-2-1-3-12-13-5(6(9,10)11)15(3)14-4(2)8;;/h7-8H,1-6H3;3-5H,1-2H3;1H;2*1H4. The quantitative estimate of drug-likeness (QED) is 0.115. The van der Waals surface area contributed by atoms with E-state index in [9.17, 15) is 61.5 Å². The van der Waals surface area contributed by atoms with Crippen LogP contribution in [-0.2, 0) is 21.7 Å². The summed E-state index contributed by atoms with van der Waals surface area (Å²) in [6.45, 7) is 10.3. The Morgan fingerprint density at radius 2 is 0.971 bits per heavy atom. The lowest BCUT2D eigenvalue weighted by molar-refractivity contribution is -0.236. The van der Waals surface area contributed by atoms with Crippen LogP contribution in [0.3, 0.4) is 0 Å². The first-order valence-corrected chi connectivity index (χ1v) is 19.7. The van der Waals surface area contributed by atoms with Crippen molar-refractivity contribution >= 4 is 58.7 Å². The van der Waals surface area contributed by atoms with E-state index in [1.54, 1.807) is 0 Å². The molecule has 7 heterocycles. The Labute approximate surface area is 403 Å². The van der Waals surface area contributed by atoms with Gasteiger partial charge in [0, 0.05) is 35.6 Å². The van der Waals surface area contributed by atoms with E-state index in [-0.39, 0.29) is 58.1 Å². The molecule has 0 bridgehead atoms. The first kappa shape index (κ1) is 59.2. The minimum absolute atomic E-state index is 0. The molecule has 0 atom stereocenters. The highest BCUT2D eigenvalue weighted by Gasteiger charge is 2.53. The molecule has 386 valence electrons. The van der Waals surface area contributed by atoms with Crippen molar-refractivity contribution in [3.8, 4) is 23.0 Å².